The molecule has 1 aromatic heterocycles. The van der Waals surface area contributed by atoms with Gasteiger partial charge >= 0.3 is 5.97 Å². The second kappa shape index (κ2) is 4.79. The lowest BCUT2D eigenvalue weighted by Crippen LogP contribution is -2.31. The minimum atomic E-state index is -3.65. The van der Waals surface area contributed by atoms with E-state index in [0.717, 1.165) is 24.2 Å². The minimum Gasteiger partial charge on any atom is -0.477 e. The number of thiophene rings is 1. The molecule has 3 rings (SSSR count). The molecule has 20 heavy (non-hydrogen) atoms. The number of aromatic carboxylic acids is 1. The number of halogens is 1. The topological polar surface area (TPSA) is 83.5 Å². The summed E-state index contributed by atoms with van der Waals surface area (Å²) in [6.45, 7) is 0.463. The Balaban J connectivity index is 1.76. The van der Waals surface area contributed by atoms with Gasteiger partial charge in [-0.3, -0.25) is 0 Å². The summed E-state index contributed by atoms with van der Waals surface area (Å²) in [6, 6.07) is 1.20. The van der Waals surface area contributed by atoms with Crippen molar-refractivity contribution >= 4 is 43.3 Å². The SMILES string of the molecule is O=C(O)c1cc(S(=O)(=O)NCC2(C3CC3)CC2)c(Br)s1. The third kappa shape index (κ3) is 2.66. The molecule has 0 atom stereocenters. The molecule has 2 aliphatic rings. The zero-order valence-electron chi connectivity index (χ0n) is 10.6. The predicted molar refractivity (Wildman–Crippen MR) is 78.6 cm³/mol. The molecule has 0 radical (unpaired) electrons. The van der Waals surface area contributed by atoms with Crippen LogP contribution in [0.15, 0.2) is 14.7 Å². The molecular formula is C12H14BrNO4S2. The summed E-state index contributed by atoms with van der Waals surface area (Å²) in [4.78, 5) is 10.9. The Morgan fingerprint density at radius 2 is 2.15 bits per heavy atom. The molecule has 2 N–H and O–H groups in total. The van der Waals surface area contributed by atoms with Gasteiger partial charge in [0.15, 0.2) is 0 Å². The molecule has 0 aliphatic heterocycles. The van der Waals surface area contributed by atoms with Crippen molar-refractivity contribution in [2.75, 3.05) is 6.54 Å². The maximum Gasteiger partial charge on any atom is 0.345 e. The van der Waals surface area contributed by atoms with Gasteiger partial charge in [-0.2, -0.15) is 0 Å². The second-order valence-corrected chi connectivity index (χ2v) is 9.62. The Bertz CT molecular complexity index is 659. The zero-order chi connectivity index (χ0) is 14.5. The number of carboxylic acid groups (broad SMARTS) is 1. The normalized spacial score (nSPS) is 20.9. The van der Waals surface area contributed by atoms with E-state index in [9.17, 15) is 13.2 Å². The van der Waals surface area contributed by atoms with Crippen molar-refractivity contribution in [2.45, 2.75) is 30.6 Å². The summed E-state index contributed by atoms with van der Waals surface area (Å²) >= 11 is 4.05. The average Bonchev–Trinajstić information content (AvgIpc) is 3.24. The molecule has 5 nitrogen and oxygen atoms in total. The van der Waals surface area contributed by atoms with Crippen LogP contribution in [-0.2, 0) is 10.0 Å². The number of hydrogen-bond donors (Lipinski definition) is 2. The molecule has 0 aromatic carbocycles. The highest BCUT2D eigenvalue weighted by molar-refractivity contribution is 9.11. The third-order valence-electron chi connectivity index (χ3n) is 4.11. The van der Waals surface area contributed by atoms with E-state index in [0.29, 0.717) is 16.2 Å². The fourth-order valence-corrected chi connectivity index (χ4v) is 6.08. The standard InChI is InChI=1S/C12H14BrNO4S2/c13-10-9(5-8(19-10)11(15)16)20(17,18)14-6-12(3-4-12)7-1-2-7/h5,7,14H,1-4,6H2,(H,15,16). The molecule has 8 heteroatoms. The molecule has 1 heterocycles. The molecule has 0 amide bonds. The van der Waals surface area contributed by atoms with Crippen LogP contribution in [0.1, 0.15) is 35.4 Å². The maximum absolute atomic E-state index is 12.3. The van der Waals surface area contributed by atoms with Crippen LogP contribution in [0.2, 0.25) is 0 Å². The van der Waals surface area contributed by atoms with Crippen molar-refractivity contribution in [3.8, 4) is 0 Å². The quantitative estimate of drug-likeness (QED) is 0.795. The van der Waals surface area contributed by atoms with Crippen LogP contribution in [0.25, 0.3) is 0 Å². The zero-order valence-corrected chi connectivity index (χ0v) is 13.8. The van der Waals surface area contributed by atoms with Gasteiger partial charge in [-0.15, -0.1) is 11.3 Å². The highest BCUT2D eigenvalue weighted by Crippen LogP contribution is 2.60. The number of carboxylic acids is 1. The lowest BCUT2D eigenvalue weighted by Gasteiger charge is -2.14. The molecule has 0 unspecified atom stereocenters. The smallest absolute Gasteiger partial charge is 0.345 e. The molecule has 2 fully saturated rings. The number of hydrogen-bond acceptors (Lipinski definition) is 4. The fraction of sp³-hybridized carbons (Fsp3) is 0.583. The Labute approximate surface area is 129 Å². The average molecular weight is 380 g/mol. The molecule has 0 saturated heterocycles. The monoisotopic (exact) mass is 379 g/mol. The number of nitrogens with one attached hydrogen (secondary N) is 1. The molecule has 110 valence electrons. The van der Waals surface area contributed by atoms with Crippen molar-refractivity contribution in [3.05, 3.63) is 14.7 Å². The van der Waals surface area contributed by atoms with Gasteiger partial charge in [-0.05, 0) is 59.0 Å². The first-order valence-corrected chi connectivity index (χ1v) is 9.46. The first-order chi connectivity index (χ1) is 9.34. The first kappa shape index (κ1) is 14.5. The van der Waals surface area contributed by atoms with Gasteiger partial charge in [0.1, 0.15) is 9.77 Å². The largest absolute Gasteiger partial charge is 0.477 e. The lowest BCUT2D eigenvalue weighted by molar-refractivity contribution is 0.0702. The molecule has 1 aromatic rings. The van der Waals surface area contributed by atoms with E-state index in [2.05, 4.69) is 20.7 Å². The summed E-state index contributed by atoms with van der Waals surface area (Å²) in [5.74, 6) is -0.445. The van der Waals surface area contributed by atoms with Gasteiger partial charge in [-0.25, -0.2) is 17.9 Å². The fourth-order valence-electron chi connectivity index (χ4n) is 2.54. The molecular weight excluding hydrogens is 366 g/mol. The van der Waals surface area contributed by atoms with E-state index in [1.54, 1.807) is 0 Å². The van der Waals surface area contributed by atoms with Crippen LogP contribution in [0.3, 0.4) is 0 Å². The van der Waals surface area contributed by atoms with Crippen LogP contribution in [-0.4, -0.2) is 26.0 Å². The van der Waals surface area contributed by atoms with Crippen LogP contribution < -0.4 is 4.72 Å². The Morgan fingerprint density at radius 3 is 2.60 bits per heavy atom. The second-order valence-electron chi connectivity index (χ2n) is 5.51. The third-order valence-corrected chi connectivity index (χ3v) is 7.75. The predicted octanol–water partition coefficient (Wildman–Crippen LogP) is 2.68. The van der Waals surface area contributed by atoms with Crippen molar-refractivity contribution < 1.29 is 18.3 Å². The Morgan fingerprint density at radius 1 is 1.50 bits per heavy atom. The number of rotatable bonds is 6. The van der Waals surface area contributed by atoms with Gasteiger partial charge < -0.3 is 5.11 Å². The lowest BCUT2D eigenvalue weighted by atomic mass is 10.0. The summed E-state index contributed by atoms with van der Waals surface area (Å²) < 4.78 is 27.5. The summed E-state index contributed by atoms with van der Waals surface area (Å²) in [7, 11) is -3.65. The van der Waals surface area contributed by atoms with E-state index in [4.69, 9.17) is 5.11 Å². The summed E-state index contributed by atoms with van der Waals surface area (Å²) in [5.41, 5.74) is 0.172. The number of sulfonamides is 1. The summed E-state index contributed by atoms with van der Waals surface area (Å²) in [6.07, 6.45) is 4.58. The highest BCUT2D eigenvalue weighted by Gasteiger charge is 2.53. The van der Waals surface area contributed by atoms with Crippen LogP contribution >= 0.6 is 27.3 Å². The van der Waals surface area contributed by atoms with Crippen molar-refractivity contribution in [1.29, 1.82) is 0 Å². The molecule has 2 saturated carbocycles. The van der Waals surface area contributed by atoms with Gasteiger partial charge in [0.25, 0.3) is 0 Å². The van der Waals surface area contributed by atoms with Gasteiger partial charge in [0.2, 0.25) is 10.0 Å². The molecule has 2 aliphatic carbocycles. The molecule has 0 spiro atoms. The van der Waals surface area contributed by atoms with E-state index < -0.39 is 16.0 Å². The Kier molecular flexibility index (Phi) is 3.47. The van der Waals surface area contributed by atoms with Crippen LogP contribution in [0.4, 0.5) is 0 Å². The van der Waals surface area contributed by atoms with Crippen LogP contribution in [0, 0.1) is 11.3 Å². The van der Waals surface area contributed by atoms with Gasteiger partial charge in [0.05, 0.1) is 3.79 Å². The highest BCUT2D eigenvalue weighted by atomic mass is 79.9. The van der Waals surface area contributed by atoms with Crippen molar-refractivity contribution in [2.24, 2.45) is 11.3 Å². The van der Waals surface area contributed by atoms with E-state index >= 15 is 0 Å². The van der Waals surface area contributed by atoms with E-state index in [1.165, 1.54) is 18.9 Å². The van der Waals surface area contributed by atoms with E-state index in [1.807, 2.05) is 0 Å². The molecule has 0 bridgehead atoms. The maximum atomic E-state index is 12.3. The van der Waals surface area contributed by atoms with E-state index in [-0.39, 0.29) is 15.2 Å². The van der Waals surface area contributed by atoms with Gasteiger partial charge in [0, 0.05) is 6.54 Å². The summed E-state index contributed by atoms with van der Waals surface area (Å²) in [5, 5.41) is 8.91. The van der Waals surface area contributed by atoms with Gasteiger partial charge in [-0.1, -0.05) is 0 Å². The van der Waals surface area contributed by atoms with Crippen molar-refractivity contribution in [3.63, 3.8) is 0 Å². The number of carbonyl (C=O) groups is 1. The Hall–Kier alpha value is -0.440. The van der Waals surface area contributed by atoms with Crippen LogP contribution in [0.5, 0.6) is 0 Å². The minimum absolute atomic E-state index is 0.0144. The first-order valence-electron chi connectivity index (χ1n) is 6.36. The van der Waals surface area contributed by atoms with Crippen molar-refractivity contribution in [1.82, 2.24) is 4.72 Å².